The van der Waals surface area contributed by atoms with Gasteiger partial charge in [0, 0.05) is 23.4 Å². The van der Waals surface area contributed by atoms with Crippen molar-refractivity contribution >= 4 is 61.0 Å². The van der Waals surface area contributed by atoms with Crippen LogP contribution >= 0.6 is 34.4 Å². The Morgan fingerprint density at radius 1 is 1.21 bits per heavy atom. The minimum absolute atomic E-state index is 0.160. The van der Waals surface area contributed by atoms with Gasteiger partial charge in [-0.15, -0.1) is 21.5 Å². The molecule has 0 unspecified atom stereocenters. The Bertz CT molecular complexity index is 1030. The summed E-state index contributed by atoms with van der Waals surface area (Å²) in [6.07, 6.45) is 2.06. The molecule has 3 aromatic rings. The second-order valence-electron chi connectivity index (χ2n) is 5.77. The molecule has 0 saturated carbocycles. The standard InChI is InChI=1S/C17H18N4O3S4/c1-28(23,24)14-6-2-4-12(10-14)19-15(22)11-26-17-21-20-16(27-17)18-8-7-13-5-3-9-25-13/h2-6,9-10H,7-8,11H2,1H3,(H,18,20)(H,19,22). The summed E-state index contributed by atoms with van der Waals surface area (Å²) in [4.78, 5) is 13.6. The fourth-order valence-electron chi connectivity index (χ4n) is 2.22. The van der Waals surface area contributed by atoms with Gasteiger partial charge in [-0.2, -0.15) is 0 Å². The zero-order valence-corrected chi connectivity index (χ0v) is 18.2. The molecular weight excluding hydrogens is 436 g/mol. The first-order valence-electron chi connectivity index (χ1n) is 8.23. The van der Waals surface area contributed by atoms with Crippen LogP contribution in [0, 0.1) is 0 Å². The molecule has 2 N–H and O–H groups in total. The van der Waals surface area contributed by atoms with E-state index in [0.29, 0.717) is 10.0 Å². The number of sulfone groups is 1. The number of hydrogen-bond donors (Lipinski definition) is 2. The minimum Gasteiger partial charge on any atom is -0.360 e. The van der Waals surface area contributed by atoms with Crippen LogP contribution < -0.4 is 10.6 Å². The van der Waals surface area contributed by atoms with Gasteiger partial charge in [0.1, 0.15) is 0 Å². The van der Waals surface area contributed by atoms with E-state index < -0.39 is 9.84 Å². The first kappa shape index (κ1) is 20.8. The quantitative estimate of drug-likeness (QED) is 0.478. The van der Waals surface area contributed by atoms with Crippen LogP contribution in [0.3, 0.4) is 0 Å². The first-order chi connectivity index (χ1) is 13.4. The highest BCUT2D eigenvalue weighted by molar-refractivity contribution is 8.01. The molecule has 0 atom stereocenters. The van der Waals surface area contributed by atoms with Crippen molar-refractivity contribution in [1.82, 2.24) is 10.2 Å². The SMILES string of the molecule is CS(=O)(=O)c1cccc(NC(=O)CSc2nnc(NCCc3cccs3)s2)c1. The lowest BCUT2D eigenvalue weighted by Crippen LogP contribution is -2.14. The van der Waals surface area contributed by atoms with Gasteiger partial charge in [0.25, 0.3) is 0 Å². The molecule has 3 rings (SSSR count). The predicted molar refractivity (Wildman–Crippen MR) is 115 cm³/mol. The molecule has 1 aromatic carbocycles. The number of hydrogen-bond acceptors (Lipinski definition) is 9. The molecule has 0 bridgehead atoms. The monoisotopic (exact) mass is 454 g/mol. The van der Waals surface area contributed by atoms with Crippen LogP contribution in [0.15, 0.2) is 51.0 Å². The van der Waals surface area contributed by atoms with Crippen molar-refractivity contribution < 1.29 is 13.2 Å². The van der Waals surface area contributed by atoms with E-state index in [1.54, 1.807) is 23.5 Å². The largest absolute Gasteiger partial charge is 0.360 e. The fourth-order valence-corrected chi connectivity index (χ4v) is 5.17. The van der Waals surface area contributed by atoms with Gasteiger partial charge in [-0.3, -0.25) is 4.79 Å². The number of anilines is 2. The van der Waals surface area contributed by atoms with Crippen LogP contribution in [0.5, 0.6) is 0 Å². The van der Waals surface area contributed by atoms with E-state index in [-0.39, 0.29) is 16.6 Å². The third-order valence-corrected chi connectivity index (χ3v) is 7.57. The number of rotatable bonds is 9. The van der Waals surface area contributed by atoms with Crippen molar-refractivity contribution in [3.8, 4) is 0 Å². The summed E-state index contributed by atoms with van der Waals surface area (Å²) in [6.45, 7) is 0.775. The summed E-state index contributed by atoms with van der Waals surface area (Å²) in [6, 6.07) is 10.3. The Balaban J connectivity index is 1.45. The molecule has 7 nitrogen and oxygen atoms in total. The van der Waals surface area contributed by atoms with Gasteiger partial charge < -0.3 is 10.6 Å². The number of thioether (sulfide) groups is 1. The van der Waals surface area contributed by atoms with Gasteiger partial charge in [-0.1, -0.05) is 35.2 Å². The van der Waals surface area contributed by atoms with Gasteiger partial charge in [0.2, 0.25) is 11.0 Å². The zero-order chi connectivity index (χ0) is 20.0. The number of nitrogens with zero attached hydrogens (tertiary/aromatic N) is 2. The number of thiophene rings is 1. The minimum atomic E-state index is -3.32. The molecule has 28 heavy (non-hydrogen) atoms. The van der Waals surface area contributed by atoms with E-state index in [9.17, 15) is 13.2 Å². The summed E-state index contributed by atoms with van der Waals surface area (Å²) in [7, 11) is -3.32. The smallest absolute Gasteiger partial charge is 0.234 e. The highest BCUT2D eigenvalue weighted by atomic mass is 32.2. The number of carbonyl (C=O) groups is 1. The summed E-state index contributed by atoms with van der Waals surface area (Å²) >= 11 is 4.41. The van der Waals surface area contributed by atoms with E-state index in [2.05, 4.69) is 32.3 Å². The maximum Gasteiger partial charge on any atom is 0.234 e. The van der Waals surface area contributed by atoms with Gasteiger partial charge >= 0.3 is 0 Å². The number of aromatic nitrogens is 2. The Morgan fingerprint density at radius 3 is 2.82 bits per heavy atom. The van der Waals surface area contributed by atoms with Crippen molar-refractivity contribution in [2.45, 2.75) is 15.7 Å². The summed E-state index contributed by atoms with van der Waals surface area (Å²) in [5, 5.41) is 16.9. The van der Waals surface area contributed by atoms with E-state index in [4.69, 9.17) is 0 Å². The molecule has 148 valence electrons. The molecule has 1 amide bonds. The summed E-state index contributed by atoms with van der Waals surface area (Å²) < 4.78 is 23.9. The lowest BCUT2D eigenvalue weighted by molar-refractivity contribution is -0.113. The Labute approximate surface area is 175 Å². The highest BCUT2D eigenvalue weighted by Crippen LogP contribution is 2.26. The van der Waals surface area contributed by atoms with Crippen LogP contribution in [0.1, 0.15) is 4.88 Å². The third-order valence-electron chi connectivity index (χ3n) is 3.51. The van der Waals surface area contributed by atoms with Crippen molar-refractivity contribution in [3.05, 3.63) is 46.7 Å². The molecule has 0 aliphatic heterocycles. The van der Waals surface area contributed by atoms with Crippen LogP contribution in [0.4, 0.5) is 10.8 Å². The maximum atomic E-state index is 12.1. The first-order valence-corrected chi connectivity index (χ1v) is 12.8. The summed E-state index contributed by atoms with van der Waals surface area (Å²) in [5.41, 5.74) is 0.446. The fraction of sp³-hybridized carbons (Fsp3) is 0.235. The van der Waals surface area contributed by atoms with Gasteiger partial charge in [-0.25, -0.2) is 8.42 Å². The topological polar surface area (TPSA) is 101 Å². The second-order valence-corrected chi connectivity index (χ2v) is 11.0. The van der Waals surface area contributed by atoms with E-state index in [1.165, 1.54) is 40.1 Å². The van der Waals surface area contributed by atoms with Crippen LogP contribution in [0.2, 0.25) is 0 Å². The van der Waals surface area contributed by atoms with Gasteiger partial charge in [-0.05, 0) is 36.1 Å². The normalized spacial score (nSPS) is 11.3. The van der Waals surface area contributed by atoms with E-state index >= 15 is 0 Å². The lowest BCUT2D eigenvalue weighted by atomic mass is 10.3. The molecular formula is C17H18N4O3S4. The maximum absolute atomic E-state index is 12.1. The predicted octanol–water partition coefficient (Wildman–Crippen LogP) is 3.39. The van der Waals surface area contributed by atoms with Crippen molar-refractivity contribution in [3.63, 3.8) is 0 Å². The average molecular weight is 455 g/mol. The molecule has 11 heteroatoms. The van der Waals surface area contributed by atoms with Crippen molar-refractivity contribution in [1.29, 1.82) is 0 Å². The Kier molecular flexibility index (Phi) is 7.05. The summed E-state index contributed by atoms with van der Waals surface area (Å²) in [5.74, 6) is -0.0783. The number of amides is 1. The molecule has 0 aliphatic rings. The number of benzene rings is 1. The van der Waals surface area contributed by atoms with E-state index in [1.807, 2.05) is 6.07 Å². The number of carbonyl (C=O) groups excluding carboxylic acids is 1. The van der Waals surface area contributed by atoms with Crippen LogP contribution in [0.25, 0.3) is 0 Å². The Morgan fingerprint density at radius 2 is 2.07 bits per heavy atom. The molecule has 2 heterocycles. The van der Waals surface area contributed by atoms with Crippen LogP contribution in [-0.4, -0.2) is 43.1 Å². The van der Waals surface area contributed by atoms with Gasteiger partial charge in [0.15, 0.2) is 14.2 Å². The van der Waals surface area contributed by atoms with Crippen molar-refractivity contribution in [2.75, 3.05) is 29.2 Å². The van der Waals surface area contributed by atoms with E-state index in [0.717, 1.165) is 24.4 Å². The molecule has 0 radical (unpaired) electrons. The zero-order valence-electron chi connectivity index (χ0n) is 14.9. The number of nitrogens with one attached hydrogen (secondary N) is 2. The molecule has 2 aromatic heterocycles. The molecule has 0 spiro atoms. The average Bonchev–Trinajstić information content (AvgIpc) is 3.32. The second kappa shape index (κ2) is 9.50. The highest BCUT2D eigenvalue weighted by Gasteiger charge is 2.11. The van der Waals surface area contributed by atoms with Crippen LogP contribution in [-0.2, 0) is 21.1 Å². The molecule has 0 aliphatic carbocycles. The Hall–Kier alpha value is -1.95. The molecule has 0 saturated heterocycles. The lowest BCUT2D eigenvalue weighted by Gasteiger charge is -2.06. The third kappa shape index (κ3) is 6.30. The van der Waals surface area contributed by atoms with Crippen molar-refractivity contribution in [2.24, 2.45) is 0 Å². The molecule has 0 fully saturated rings. The van der Waals surface area contributed by atoms with Gasteiger partial charge in [0.05, 0.1) is 10.6 Å².